The maximum Gasteiger partial charge on any atom is -0.00204 e. The molecule has 0 aromatic heterocycles. The van der Waals surface area contributed by atoms with Gasteiger partial charge in [-0.05, 0) is 60.8 Å². The first-order valence-corrected chi connectivity index (χ1v) is 11.6. The van der Waals surface area contributed by atoms with Crippen LogP contribution in [-0.4, -0.2) is 10.3 Å². The molecule has 0 aliphatic heterocycles. The molecule has 0 atom stereocenters. The molecule has 140 valence electrons. The average Bonchev–Trinajstić information content (AvgIpc) is 2.67. The van der Waals surface area contributed by atoms with Gasteiger partial charge in [-0.2, -0.15) is 0 Å². The normalized spacial score (nSPS) is 13.4. The summed E-state index contributed by atoms with van der Waals surface area (Å²) in [5.74, 6) is 0. The lowest BCUT2D eigenvalue weighted by molar-refractivity contribution is 0.610. The van der Waals surface area contributed by atoms with Crippen LogP contribution in [0.3, 0.4) is 0 Å². The van der Waals surface area contributed by atoms with Crippen molar-refractivity contribution in [3.05, 3.63) is 54.6 Å². The first-order valence-electron chi connectivity index (χ1n) is 10.3. The standard InChI is InChI=1S/C26H31P/c1-7-25(3,4)27(26(5,6)8-2)22-17-15-20-13-12-18-10-9-11-19-14-16-21(22)24(20)23(18)19/h9-17H,7-8H2,1-6H3. The molecule has 4 aromatic carbocycles. The molecule has 0 saturated carbocycles. The van der Waals surface area contributed by atoms with Crippen LogP contribution in [0.2, 0.25) is 0 Å². The predicted molar refractivity (Wildman–Crippen MR) is 125 cm³/mol. The fraction of sp³-hybridized carbons (Fsp3) is 0.385. The van der Waals surface area contributed by atoms with E-state index in [1.165, 1.54) is 45.2 Å². The van der Waals surface area contributed by atoms with Gasteiger partial charge in [0.05, 0.1) is 0 Å². The third-order valence-corrected chi connectivity index (χ3v) is 10.6. The van der Waals surface area contributed by atoms with Crippen molar-refractivity contribution in [3.8, 4) is 0 Å². The Hall–Kier alpha value is -1.65. The van der Waals surface area contributed by atoms with Gasteiger partial charge in [-0.15, -0.1) is 0 Å². The van der Waals surface area contributed by atoms with Crippen LogP contribution in [-0.2, 0) is 0 Å². The molecule has 27 heavy (non-hydrogen) atoms. The summed E-state index contributed by atoms with van der Waals surface area (Å²) in [7, 11) is -0.320. The highest BCUT2D eigenvalue weighted by molar-refractivity contribution is 7.69. The van der Waals surface area contributed by atoms with Crippen LogP contribution in [0, 0.1) is 0 Å². The first kappa shape index (κ1) is 18.7. The molecular formula is C26H31P. The monoisotopic (exact) mass is 374 g/mol. The highest BCUT2D eigenvalue weighted by Crippen LogP contribution is 2.62. The number of benzene rings is 4. The van der Waals surface area contributed by atoms with Crippen LogP contribution in [0.5, 0.6) is 0 Å². The maximum absolute atomic E-state index is 2.48. The van der Waals surface area contributed by atoms with Gasteiger partial charge in [-0.3, -0.25) is 0 Å². The van der Waals surface area contributed by atoms with Gasteiger partial charge in [-0.25, -0.2) is 0 Å². The summed E-state index contributed by atoms with van der Waals surface area (Å²) < 4.78 is 0. The molecule has 0 N–H and O–H groups in total. The Morgan fingerprint density at radius 1 is 0.630 bits per heavy atom. The van der Waals surface area contributed by atoms with Crippen LogP contribution < -0.4 is 5.30 Å². The highest BCUT2D eigenvalue weighted by atomic mass is 31.1. The van der Waals surface area contributed by atoms with Gasteiger partial charge in [0.1, 0.15) is 0 Å². The van der Waals surface area contributed by atoms with Gasteiger partial charge < -0.3 is 0 Å². The summed E-state index contributed by atoms with van der Waals surface area (Å²) in [6.07, 6.45) is 2.42. The fourth-order valence-electron chi connectivity index (χ4n) is 4.70. The van der Waals surface area contributed by atoms with E-state index in [0.29, 0.717) is 10.3 Å². The minimum absolute atomic E-state index is 0.317. The molecule has 0 nitrogen and oxygen atoms in total. The lowest BCUT2D eigenvalue weighted by Gasteiger charge is -2.45. The molecule has 0 bridgehead atoms. The zero-order chi connectivity index (χ0) is 19.4. The van der Waals surface area contributed by atoms with Gasteiger partial charge in [0, 0.05) is 0 Å². The van der Waals surface area contributed by atoms with E-state index in [-0.39, 0.29) is 7.92 Å². The molecule has 4 aromatic rings. The van der Waals surface area contributed by atoms with E-state index in [9.17, 15) is 0 Å². The zero-order valence-electron chi connectivity index (χ0n) is 17.6. The van der Waals surface area contributed by atoms with Crippen LogP contribution in [0.4, 0.5) is 0 Å². The van der Waals surface area contributed by atoms with Crippen molar-refractivity contribution in [1.29, 1.82) is 0 Å². The zero-order valence-corrected chi connectivity index (χ0v) is 18.5. The summed E-state index contributed by atoms with van der Waals surface area (Å²) in [5, 5.41) is 10.7. The largest absolute Gasteiger partial charge is 0.0645 e. The molecule has 0 unspecified atom stereocenters. The van der Waals surface area contributed by atoms with E-state index < -0.39 is 0 Å². The van der Waals surface area contributed by atoms with E-state index in [0.717, 1.165) is 0 Å². The molecule has 0 amide bonds. The summed E-state index contributed by atoms with van der Waals surface area (Å²) in [6, 6.07) is 20.8. The Morgan fingerprint density at radius 2 is 1.11 bits per heavy atom. The highest BCUT2D eigenvalue weighted by Gasteiger charge is 2.40. The summed E-state index contributed by atoms with van der Waals surface area (Å²) >= 11 is 0. The van der Waals surface area contributed by atoms with Gasteiger partial charge in [0.25, 0.3) is 0 Å². The molecular weight excluding hydrogens is 343 g/mol. The van der Waals surface area contributed by atoms with Crippen molar-refractivity contribution in [2.75, 3.05) is 0 Å². The lowest BCUT2D eigenvalue weighted by atomic mass is 9.94. The molecule has 1 heteroatoms. The predicted octanol–water partition coefficient (Wildman–Crippen LogP) is 8.07. The third kappa shape index (κ3) is 2.85. The summed E-state index contributed by atoms with van der Waals surface area (Å²) in [4.78, 5) is 0. The van der Waals surface area contributed by atoms with Crippen molar-refractivity contribution in [1.82, 2.24) is 0 Å². The lowest BCUT2D eigenvalue weighted by Crippen LogP contribution is -2.34. The van der Waals surface area contributed by atoms with Crippen molar-refractivity contribution in [2.45, 2.75) is 64.7 Å². The van der Waals surface area contributed by atoms with Crippen molar-refractivity contribution in [2.24, 2.45) is 0 Å². The SMILES string of the molecule is CCC(C)(C)P(c1ccc2ccc3cccc4ccc1c2c34)C(C)(C)CC. The molecule has 0 aliphatic carbocycles. The van der Waals surface area contributed by atoms with E-state index in [1.807, 2.05) is 0 Å². The van der Waals surface area contributed by atoms with E-state index >= 15 is 0 Å². The van der Waals surface area contributed by atoms with Crippen LogP contribution in [0.1, 0.15) is 54.4 Å². The van der Waals surface area contributed by atoms with Crippen LogP contribution >= 0.6 is 7.92 Å². The Labute approximate surface area is 165 Å². The topological polar surface area (TPSA) is 0 Å². The Morgan fingerprint density at radius 3 is 1.67 bits per heavy atom. The van der Waals surface area contributed by atoms with Gasteiger partial charge in [-0.1, -0.05) is 104 Å². The summed E-state index contributed by atoms with van der Waals surface area (Å²) in [5.41, 5.74) is 0. The van der Waals surface area contributed by atoms with E-state index in [4.69, 9.17) is 0 Å². The molecule has 0 spiro atoms. The van der Waals surface area contributed by atoms with Crippen molar-refractivity contribution < 1.29 is 0 Å². The van der Waals surface area contributed by atoms with Crippen LogP contribution in [0.25, 0.3) is 32.3 Å². The second kappa shape index (κ2) is 6.46. The quantitative estimate of drug-likeness (QED) is 0.245. The second-order valence-corrected chi connectivity index (χ2v) is 12.7. The smallest absolute Gasteiger partial charge is 0.00204 e. The molecule has 0 heterocycles. The molecule has 0 aliphatic rings. The molecule has 4 rings (SSSR count). The van der Waals surface area contributed by atoms with Crippen LogP contribution in [0.15, 0.2) is 54.6 Å². The van der Waals surface area contributed by atoms with Crippen molar-refractivity contribution in [3.63, 3.8) is 0 Å². The fourth-order valence-corrected chi connectivity index (χ4v) is 8.93. The van der Waals surface area contributed by atoms with Crippen molar-refractivity contribution >= 4 is 45.5 Å². The Balaban J connectivity index is 2.12. The minimum Gasteiger partial charge on any atom is -0.0645 e. The first-order chi connectivity index (χ1) is 12.8. The number of hydrogen-bond donors (Lipinski definition) is 0. The molecule has 0 saturated heterocycles. The Kier molecular flexibility index (Phi) is 4.47. The average molecular weight is 375 g/mol. The van der Waals surface area contributed by atoms with E-state index in [2.05, 4.69) is 96.1 Å². The molecule has 0 fully saturated rings. The number of rotatable bonds is 5. The third-order valence-electron chi connectivity index (χ3n) is 6.69. The minimum atomic E-state index is -0.320. The maximum atomic E-state index is 2.48. The van der Waals surface area contributed by atoms with Gasteiger partial charge in [0.2, 0.25) is 0 Å². The molecule has 0 radical (unpaired) electrons. The van der Waals surface area contributed by atoms with Gasteiger partial charge in [0.15, 0.2) is 0 Å². The second-order valence-electron chi connectivity index (χ2n) is 9.11. The summed E-state index contributed by atoms with van der Waals surface area (Å²) in [6.45, 7) is 14.6. The van der Waals surface area contributed by atoms with Gasteiger partial charge >= 0.3 is 0 Å². The van der Waals surface area contributed by atoms with E-state index in [1.54, 1.807) is 5.30 Å². The Bertz CT molecular complexity index is 1070. The number of hydrogen-bond acceptors (Lipinski definition) is 0.